The number of amides is 1. The lowest BCUT2D eigenvalue weighted by Gasteiger charge is -2.12. The minimum Gasteiger partial charge on any atom is -0.325 e. The fourth-order valence-corrected chi connectivity index (χ4v) is 2.72. The number of alkyl halides is 1. The molecule has 1 N–H and O–H groups in total. The number of benzene rings is 2. The maximum absolute atomic E-state index is 12.0. The van der Waals surface area contributed by atoms with Crippen LogP contribution in [0.25, 0.3) is 0 Å². The number of hydrogen-bond acceptors (Lipinski definition) is 2. The van der Waals surface area contributed by atoms with E-state index in [1.807, 2.05) is 61.5 Å². The van der Waals surface area contributed by atoms with Gasteiger partial charge >= 0.3 is 0 Å². The number of nitrogens with one attached hydrogen (secondary N) is 1. The highest BCUT2D eigenvalue weighted by atomic mass is 35.5. The summed E-state index contributed by atoms with van der Waals surface area (Å²) in [5.74, 6) is 0.360. The lowest BCUT2D eigenvalue weighted by Crippen LogP contribution is -2.15. The van der Waals surface area contributed by atoms with E-state index < -0.39 is 0 Å². The number of thioether (sulfide) groups is 1. The van der Waals surface area contributed by atoms with Gasteiger partial charge in [-0.2, -0.15) is 0 Å². The van der Waals surface area contributed by atoms with Crippen LogP contribution in [0.3, 0.4) is 0 Å². The summed E-state index contributed by atoms with van der Waals surface area (Å²) in [7, 11) is 0. The molecule has 1 unspecified atom stereocenters. The molecule has 2 aromatic carbocycles. The van der Waals surface area contributed by atoms with Gasteiger partial charge in [0.1, 0.15) is 0 Å². The first kappa shape index (κ1) is 14.9. The summed E-state index contributed by atoms with van der Waals surface area (Å²) in [5, 5.41) is 2.79. The van der Waals surface area contributed by atoms with Crippen molar-refractivity contribution in [1.82, 2.24) is 0 Å². The Kier molecular flexibility index (Phi) is 5.50. The molecule has 0 saturated heterocycles. The quantitative estimate of drug-likeness (QED) is 0.640. The predicted molar refractivity (Wildman–Crippen MR) is 86.5 cm³/mol. The van der Waals surface area contributed by atoms with E-state index >= 15 is 0 Å². The van der Waals surface area contributed by atoms with Crippen LogP contribution in [0.4, 0.5) is 5.69 Å². The van der Waals surface area contributed by atoms with Gasteiger partial charge in [0.15, 0.2) is 0 Å². The van der Waals surface area contributed by atoms with Crippen LogP contribution in [0.5, 0.6) is 0 Å². The van der Waals surface area contributed by atoms with Crippen molar-refractivity contribution in [3.8, 4) is 0 Å². The van der Waals surface area contributed by atoms with E-state index in [1.165, 1.54) is 11.8 Å². The molecule has 0 aliphatic rings. The first-order chi connectivity index (χ1) is 9.66. The number of halogens is 1. The van der Waals surface area contributed by atoms with Crippen LogP contribution >= 0.6 is 23.4 Å². The predicted octanol–water partition coefficient (Wildman–Crippen LogP) is 4.72. The molecular formula is C16H16ClNOS. The van der Waals surface area contributed by atoms with Crippen molar-refractivity contribution in [1.29, 1.82) is 0 Å². The lowest BCUT2D eigenvalue weighted by atomic mass is 10.1. The van der Waals surface area contributed by atoms with Gasteiger partial charge in [-0.1, -0.05) is 36.4 Å². The zero-order valence-corrected chi connectivity index (χ0v) is 12.7. The normalized spacial score (nSPS) is 11.9. The van der Waals surface area contributed by atoms with E-state index in [0.717, 1.165) is 16.1 Å². The van der Waals surface area contributed by atoms with E-state index in [1.54, 1.807) is 0 Å². The highest BCUT2D eigenvalue weighted by molar-refractivity contribution is 8.00. The Hall–Kier alpha value is -1.45. The van der Waals surface area contributed by atoms with Gasteiger partial charge in [-0.3, -0.25) is 4.79 Å². The van der Waals surface area contributed by atoms with E-state index in [-0.39, 0.29) is 11.3 Å². The molecule has 1 atom stereocenters. The van der Waals surface area contributed by atoms with Gasteiger partial charge in [0.2, 0.25) is 5.91 Å². The average Bonchev–Trinajstić information content (AvgIpc) is 2.46. The molecule has 0 fully saturated rings. The summed E-state index contributed by atoms with van der Waals surface area (Å²) >= 11 is 7.63. The number of carbonyl (C=O) groups is 1. The third-order valence-corrected chi connectivity index (χ3v) is 4.02. The number of carbonyl (C=O) groups excluding carboxylic acids is 1. The maximum atomic E-state index is 12.0. The van der Waals surface area contributed by atoms with Crippen LogP contribution in [0, 0.1) is 0 Å². The second-order valence-electron chi connectivity index (χ2n) is 4.35. The molecule has 1 amide bonds. The Morgan fingerprint density at radius 3 is 2.50 bits per heavy atom. The van der Waals surface area contributed by atoms with Crippen molar-refractivity contribution < 1.29 is 4.79 Å². The number of hydrogen-bond donors (Lipinski definition) is 1. The molecule has 0 saturated carbocycles. The molecular weight excluding hydrogens is 290 g/mol. The van der Waals surface area contributed by atoms with Gasteiger partial charge in [0, 0.05) is 10.6 Å². The standard InChI is InChI=1S/C16H16ClNOS/c1-12(17)14-9-5-6-10-15(14)18-16(19)11-20-13-7-3-2-4-8-13/h2-10,12H,11H2,1H3,(H,18,19). The van der Waals surface area contributed by atoms with Gasteiger partial charge in [-0.25, -0.2) is 0 Å². The zero-order valence-electron chi connectivity index (χ0n) is 11.2. The average molecular weight is 306 g/mol. The Morgan fingerprint density at radius 1 is 1.15 bits per heavy atom. The van der Waals surface area contributed by atoms with Gasteiger partial charge in [0.05, 0.1) is 11.1 Å². The Bertz CT molecular complexity index is 572. The highest BCUT2D eigenvalue weighted by Crippen LogP contribution is 2.27. The molecule has 0 aliphatic carbocycles. The Morgan fingerprint density at radius 2 is 1.80 bits per heavy atom. The fourth-order valence-electron chi connectivity index (χ4n) is 1.81. The molecule has 104 valence electrons. The van der Waals surface area contributed by atoms with E-state index in [4.69, 9.17) is 11.6 Å². The maximum Gasteiger partial charge on any atom is 0.234 e. The van der Waals surface area contributed by atoms with Crippen LogP contribution in [-0.4, -0.2) is 11.7 Å². The van der Waals surface area contributed by atoms with Gasteiger partial charge < -0.3 is 5.32 Å². The first-order valence-electron chi connectivity index (χ1n) is 6.37. The number of anilines is 1. The summed E-state index contributed by atoms with van der Waals surface area (Å²) in [6, 6.07) is 17.5. The molecule has 0 spiro atoms. The summed E-state index contributed by atoms with van der Waals surface area (Å²) in [6.45, 7) is 1.89. The highest BCUT2D eigenvalue weighted by Gasteiger charge is 2.10. The van der Waals surface area contributed by atoms with Crippen molar-refractivity contribution in [2.75, 3.05) is 11.1 Å². The van der Waals surface area contributed by atoms with Gasteiger partial charge in [-0.05, 0) is 30.7 Å². The number of para-hydroxylation sites is 1. The molecule has 2 nitrogen and oxygen atoms in total. The monoisotopic (exact) mass is 305 g/mol. The molecule has 0 aromatic heterocycles. The smallest absolute Gasteiger partial charge is 0.234 e. The molecule has 0 heterocycles. The van der Waals surface area contributed by atoms with Crippen molar-refractivity contribution in [3.63, 3.8) is 0 Å². The third-order valence-electron chi connectivity index (χ3n) is 2.78. The summed E-state index contributed by atoms with van der Waals surface area (Å²) in [5.41, 5.74) is 1.72. The largest absolute Gasteiger partial charge is 0.325 e. The van der Waals surface area contributed by atoms with Crippen LogP contribution < -0.4 is 5.32 Å². The molecule has 0 aliphatic heterocycles. The summed E-state index contributed by atoms with van der Waals surface area (Å²) < 4.78 is 0. The summed E-state index contributed by atoms with van der Waals surface area (Å²) in [4.78, 5) is 13.1. The Balaban J connectivity index is 1.95. The minimum absolute atomic E-state index is 0.0244. The van der Waals surface area contributed by atoms with Crippen molar-refractivity contribution in [2.45, 2.75) is 17.2 Å². The molecule has 20 heavy (non-hydrogen) atoms. The zero-order chi connectivity index (χ0) is 14.4. The van der Waals surface area contributed by atoms with E-state index in [2.05, 4.69) is 5.32 Å². The van der Waals surface area contributed by atoms with Crippen LogP contribution in [0.15, 0.2) is 59.5 Å². The minimum atomic E-state index is -0.131. The molecule has 0 bridgehead atoms. The van der Waals surface area contributed by atoms with E-state index in [9.17, 15) is 4.79 Å². The van der Waals surface area contributed by atoms with Gasteiger partial charge in [0.25, 0.3) is 0 Å². The molecule has 2 aromatic rings. The van der Waals surface area contributed by atoms with Crippen molar-refractivity contribution in [3.05, 3.63) is 60.2 Å². The molecule has 4 heteroatoms. The topological polar surface area (TPSA) is 29.1 Å². The second kappa shape index (κ2) is 7.36. The van der Waals surface area contributed by atoms with Crippen LogP contribution in [0.1, 0.15) is 17.9 Å². The van der Waals surface area contributed by atoms with Crippen LogP contribution in [-0.2, 0) is 4.79 Å². The molecule has 2 rings (SSSR count). The van der Waals surface area contributed by atoms with Crippen molar-refractivity contribution >= 4 is 35.0 Å². The van der Waals surface area contributed by atoms with Crippen molar-refractivity contribution in [2.24, 2.45) is 0 Å². The lowest BCUT2D eigenvalue weighted by molar-refractivity contribution is -0.113. The van der Waals surface area contributed by atoms with Gasteiger partial charge in [-0.15, -0.1) is 23.4 Å². The molecule has 0 radical (unpaired) electrons. The SMILES string of the molecule is CC(Cl)c1ccccc1NC(=O)CSc1ccccc1. The second-order valence-corrected chi connectivity index (χ2v) is 6.06. The first-order valence-corrected chi connectivity index (χ1v) is 7.79. The fraction of sp³-hybridized carbons (Fsp3) is 0.188. The summed E-state index contributed by atoms with van der Waals surface area (Å²) in [6.07, 6.45) is 0. The number of rotatable bonds is 5. The Labute approximate surface area is 128 Å². The third kappa shape index (κ3) is 4.29. The van der Waals surface area contributed by atoms with Crippen LogP contribution in [0.2, 0.25) is 0 Å². The van der Waals surface area contributed by atoms with E-state index in [0.29, 0.717) is 5.75 Å².